The lowest BCUT2D eigenvalue weighted by Crippen LogP contribution is -1.91. The van der Waals surface area contributed by atoms with Gasteiger partial charge in [0.25, 0.3) is 0 Å². The second-order valence-corrected chi connectivity index (χ2v) is 10.7. The van der Waals surface area contributed by atoms with Gasteiger partial charge in [-0.15, -0.1) is 0 Å². The van der Waals surface area contributed by atoms with Crippen LogP contribution in [0.15, 0.2) is 186 Å². The van der Waals surface area contributed by atoms with Gasteiger partial charge in [-0.1, -0.05) is 175 Å². The number of para-hydroxylation sites is 1. The lowest BCUT2D eigenvalue weighted by molar-refractivity contribution is 0.633. The van der Waals surface area contributed by atoms with E-state index in [0.717, 1.165) is 0 Å². The molecular formula is C48H30O. The molecule has 0 radical (unpaired) electrons. The maximum absolute atomic E-state index is 9.87. The molecule has 0 aliphatic rings. The van der Waals surface area contributed by atoms with Crippen LogP contribution in [-0.2, 0) is 0 Å². The number of hydrogen-bond donors (Lipinski definition) is 0. The van der Waals surface area contributed by atoms with Crippen LogP contribution in [-0.4, -0.2) is 0 Å². The fraction of sp³-hybridized carbons (Fsp3) is 0. The van der Waals surface area contributed by atoms with E-state index >= 15 is 0 Å². The molecule has 9 aromatic carbocycles. The number of benzene rings is 9. The molecule has 0 spiro atoms. The highest BCUT2D eigenvalue weighted by Crippen LogP contribution is 2.51. The molecule has 1 aromatic heterocycles. The maximum atomic E-state index is 9.87. The second kappa shape index (κ2) is 11.1. The summed E-state index contributed by atoms with van der Waals surface area (Å²) in [6.07, 6.45) is 0. The molecule has 0 unspecified atom stereocenters. The fourth-order valence-electron chi connectivity index (χ4n) is 6.14. The Bertz CT molecular complexity index is 4290. The van der Waals surface area contributed by atoms with Gasteiger partial charge in [-0.05, 0) is 65.8 Å². The first kappa shape index (κ1) is 11.9. The molecule has 10 rings (SSSR count). The van der Waals surface area contributed by atoms with Crippen molar-refractivity contribution >= 4 is 54.1 Å². The van der Waals surface area contributed by atoms with Crippen LogP contribution >= 0.6 is 0 Å². The largest absolute Gasteiger partial charge is 0.455 e. The average molecular weight is 650 g/mol. The molecule has 0 fully saturated rings. The van der Waals surface area contributed by atoms with Gasteiger partial charge in [0.05, 0.1) is 37.0 Å². The lowest BCUT2D eigenvalue weighted by atomic mass is 9.84. The van der Waals surface area contributed by atoms with E-state index in [-0.39, 0.29) is 10.9 Å². The molecule has 0 aliphatic carbocycles. The zero-order valence-corrected chi connectivity index (χ0v) is 24.6. The summed E-state index contributed by atoms with van der Waals surface area (Å²) in [6, 6.07) is -19.7. The zero-order chi connectivity index (χ0) is 55.8. The third-order valence-electron chi connectivity index (χ3n) is 8.15. The van der Waals surface area contributed by atoms with E-state index in [9.17, 15) is 11.0 Å². The lowest BCUT2D eigenvalue weighted by Gasteiger charge is -2.18. The van der Waals surface area contributed by atoms with E-state index in [1.54, 1.807) is 0 Å². The van der Waals surface area contributed by atoms with Crippen LogP contribution < -0.4 is 0 Å². The highest BCUT2D eigenvalue weighted by Gasteiger charge is 2.25. The van der Waals surface area contributed by atoms with Gasteiger partial charge in [0.2, 0.25) is 0 Å². The fourth-order valence-corrected chi connectivity index (χ4v) is 6.14. The van der Waals surface area contributed by atoms with Gasteiger partial charge in [-0.2, -0.15) is 0 Å². The van der Waals surface area contributed by atoms with Crippen molar-refractivity contribution in [1.82, 2.24) is 0 Å². The molecule has 1 nitrogen and oxygen atoms in total. The molecule has 0 aliphatic heterocycles. The summed E-state index contributed by atoms with van der Waals surface area (Å²) < 4.78 is 249. The van der Waals surface area contributed by atoms with Crippen LogP contribution in [0.1, 0.15) is 37.0 Å². The summed E-state index contributed by atoms with van der Waals surface area (Å²) in [5, 5.41) is -5.01. The first-order valence-electron chi connectivity index (χ1n) is 28.2. The van der Waals surface area contributed by atoms with Gasteiger partial charge in [0, 0.05) is 27.6 Å². The van der Waals surface area contributed by atoms with Crippen molar-refractivity contribution in [3.8, 4) is 44.7 Å². The van der Waals surface area contributed by atoms with Crippen LogP contribution in [0, 0.1) is 0 Å². The van der Waals surface area contributed by atoms with Crippen molar-refractivity contribution in [2.24, 2.45) is 0 Å². The molecule has 0 atom stereocenters. The van der Waals surface area contributed by atoms with E-state index in [1.165, 1.54) is 18.2 Å². The molecule has 0 bridgehead atoms. The van der Waals surface area contributed by atoms with Crippen LogP contribution in [0.5, 0.6) is 0 Å². The van der Waals surface area contributed by atoms with Crippen molar-refractivity contribution in [3.05, 3.63) is 181 Å². The molecule has 49 heavy (non-hydrogen) atoms. The van der Waals surface area contributed by atoms with E-state index in [4.69, 9.17) is 30.5 Å². The Kier molecular flexibility index (Phi) is 2.69. The Morgan fingerprint density at radius 1 is 0.367 bits per heavy atom. The first-order chi connectivity index (χ1) is 35.6. The molecule has 0 saturated heterocycles. The Labute approximate surface area is 322 Å². The topological polar surface area (TPSA) is 13.1 Å². The summed E-state index contributed by atoms with van der Waals surface area (Å²) in [4.78, 5) is 0. The summed E-state index contributed by atoms with van der Waals surface area (Å²) in [5.41, 5.74) is -4.40. The second-order valence-electron chi connectivity index (χ2n) is 10.7. The minimum atomic E-state index is -0.958. The van der Waals surface area contributed by atoms with E-state index < -0.39 is 251 Å². The molecule has 10 aromatic rings. The maximum Gasteiger partial charge on any atom is 0.143 e. The molecule has 1 heteroatoms. The summed E-state index contributed by atoms with van der Waals surface area (Å²) in [5.74, 6) is -0.737. The van der Waals surface area contributed by atoms with Crippen molar-refractivity contribution in [2.75, 3.05) is 0 Å². The van der Waals surface area contributed by atoms with Crippen molar-refractivity contribution in [2.45, 2.75) is 0 Å². The van der Waals surface area contributed by atoms with Gasteiger partial charge in [0.1, 0.15) is 11.3 Å². The van der Waals surface area contributed by atoms with E-state index in [1.807, 2.05) is 0 Å². The number of furan rings is 1. The molecular weight excluding hydrogens is 593 g/mol. The van der Waals surface area contributed by atoms with Gasteiger partial charge in [0.15, 0.2) is 0 Å². The third kappa shape index (κ3) is 4.33. The molecule has 0 saturated carbocycles. The monoisotopic (exact) mass is 649 g/mol. The van der Waals surface area contributed by atoms with Crippen molar-refractivity contribution in [3.63, 3.8) is 0 Å². The van der Waals surface area contributed by atoms with Crippen LogP contribution in [0.4, 0.5) is 0 Å². The Morgan fingerprint density at radius 2 is 0.918 bits per heavy atom. The minimum Gasteiger partial charge on any atom is -0.455 e. The summed E-state index contributed by atoms with van der Waals surface area (Å²) in [6.45, 7) is 0. The highest BCUT2D eigenvalue weighted by atomic mass is 16.3. The molecule has 0 N–H and O–H groups in total. The standard InChI is InChI=1S/C48H30O/c1-3-14-31(15-4-1)38-24-13-25-43-46(47(49-48(38)43)35-28-29-37-34(30-35)27-26-32-16-7-8-19-36(32)37)45-41-22-11-9-20-39(41)44(33-17-5-2-6-18-33)40-21-10-12-23-42(40)45/h1-30H/i1D,2D,3D,4D,5D,6D,7D,8D,9D,10D,11D,12D,14D,15D,16D,17D,18D,19D,20D,21D,22D,23D,26D,27D,28D,29D,30D. The Balaban J connectivity index is 1.56. The molecule has 1 heterocycles. The Hall–Kier alpha value is -6.44. The molecule has 0 amide bonds. The number of fused-ring (bicyclic) bond motifs is 6. The predicted octanol–water partition coefficient (Wildman–Crippen LogP) is 13.7. The smallest absolute Gasteiger partial charge is 0.143 e. The highest BCUT2D eigenvalue weighted by molar-refractivity contribution is 6.25. The van der Waals surface area contributed by atoms with Crippen LogP contribution in [0.2, 0.25) is 0 Å². The third-order valence-corrected chi connectivity index (χ3v) is 8.15. The number of hydrogen-bond acceptors (Lipinski definition) is 1. The Morgan fingerprint density at radius 3 is 1.61 bits per heavy atom. The summed E-state index contributed by atoms with van der Waals surface area (Å²) in [7, 11) is 0. The minimum absolute atomic E-state index is 0.248. The van der Waals surface area contributed by atoms with E-state index in [2.05, 4.69) is 0 Å². The average Bonchev–Trinajstić information content (AvgIpc) is 3.88. The van der Waals surface area contributed by atoms with Crippen LogP contribution in [0.25, 0.3) is 98.8 Å². The predicted molar refractivity (Wildman–Crippen MR) is 208 cm³/mol. The van der Waals surface area contributed by atoms with Gasteiger partial charge in [-0.3, -0.25) is 0 Å². The van der Waals surface area contributed by atoms with Crippen LogP contribution in [0.3, 0.4) is 0 Å². The number of rotatable bonds is 4. The van der Waals surface area contributed by atoms with Crippen molar-refractivity contribution < 1.29 is 41.4 Å². The van der Waals surface area contributed by atoms with Gasteiger partial charge >= 0.3 is 0 Å². The van der Waals surface area contributed by atoms with Gasteiger partial charge in [-0.25, -0.2) is 0 Å². The zero-order valence-electron chi connectivity index (χ0n) is 51.6. The van der Waals surface area contributed by atoms with Gasteiger partial charge < -0.3 is 4.42 Å². The van der Waals surface area contributed by atoms with Crippen molar-refractivity contribution in [1.29, 1.82) is 0 Å². The van der Waals surface area contributed by atoms with E-state index in [0.29, 0.717) is 0 Å². The normalized spacial score (nSPS) is 19.4. The first-order valence-corrected chi connectivity index (χ1v) is 14.7. The SMILES string of the molecule is [2H]c1c([2H])c([2H])c(-c2cccc3c(-c4c5c([2H])c([2H])c([2H])c([2H])c5c(-c5c([2H])c([2H])c([2H])c([2H])c5[2H])c5c([2H])c([2H])c([2H])c([2H])c45)c(-c4c([2H])c([2H])c5c(c4[2H])c([2H])c([2H])c4c([2H])c([2H])c([2H])c([2H])c45)oc23)c([2H])c1[2H]. The quantitative estimate of drug-likeness (QED) is 0.137. The summed E-state index contributed by atoms with van der Waals surface area (Å²) >= 11 is 0. The molecule has 228 valence electrons.